The number of rotatable bonds is 6. The highest BCUT2D eigenvalue weighted by Gasteiger charge is 2.26. The third-order valence-corrected chi connectivity index (χ3v) is 5.20. The van der Waals surface area contributed by atoms with Crippen LogP contribution in [0.1, 0.15) is 53.9 Å². The first kappa shape index (κ1) is 26.0. The van der Waals surface area contributed by atoms with E-state index >= 15 is 0 Å². The number of allylic oxidation sites excluding steroid dienone is 9. The normalized spacial score (nSPS) is 17.0. The Morgan fingerprint density at radius 2 is 1.74 bits per heavy atom. The zero-order valence-electron chi connectivity index (χ0n) is 19.6. The summed E-state index contributed by atoms with van der Waals surface area (Å²) in [5.74, 6) is 0.105. The van der Waals surface area contributed by atoms with E-state index in [9.17, 15) is 4.79 Å². The van der Waals surface area contributed by atoms with E-state index in [2.05, 4.69) is 39.8 Å². The molecule has 4 heteroatoms. The Balaban J connectivity index is 0.000000442. The van der Waals surface area contributed by atoms with Gasteiger partial charge >= 0.3 is 5.97 Å². The molecule has 4 nitrogen and oxygen atoms in total. The molecule has 1 aliphatic rings. The molecule has 0 saturated carbocycles. The molecule has 31 heavy (non-hydrogen) atoms. The Bertz CT molecular complexity index is 878. The number of carboxylic acids is 1. The van der Waals surface area contributed by atoms with Crippen LogP contribution >= 0.6 is 0 Å². The van der Waals surface area contributed by atoms with Crippen LogP contribution in [0.5, 0.6) is 11.5 Å². The molecule has 0 atom stereocenters. The smallest absolute Gasteiger partial charge is 0.328 e. The second-order valence-electron chi connectivity index (χ2n) is 8.46. The van der Waals surface area contributed by atoms with Crippen LogP contribution in [0.15, 0.2) is 83.0 Å². The Morgan fingerprint density at radius 1 is 1.10 bits per heavy atom. The van der Waals surface area contributed by atoms with E-state index in [1.807, 2.05) is 12.2 Å². The standard InChI is InChI=1S/C20H28O2.C7H8O2/c1-15(8-6-9-16(2)14-19(21)22)11-12-18-17(3)10-7-13-20(18,4)5;1-9-7-4-2-6(8)3-5-7/h6,8-9,11-12,14H,7,10,13H2,1-5H3,(H,21,22);2-5,8H,1H3/b9-6+,12-11+,15-8+,16-14+;. The molecule has 0 amide bonds. The summed E-state index contributed by atoms with van der Waals surface area (Å²) in [4.78, 5) is 10.5. The van der Waals surface area contributed by atoms with Gasteiger partial charge in [-0.1, -0.05) is 55.4 Å². The number of aliphatic carboxylic acids is 1. The number of carbonyl (C=O) groups is 1. The SMILES string of the molecule is CC1=C(/C=C/C(C)=C/C=C/C(C)=C/C(=O)O)C(C)(C)CCC1.COc1ccc(O)cc1. The number of hydrogen-bond donors (Lipinski definition) is 2. The molecule has 0 bridgehead atoms. The van der Waals surface area contributed by atoms with Gasteiger partial charge in [-0.3, -0.25) is 0 Å². The monoisotopic (exact) mass is 424 g/mol. The summed E-state index contributed by atoms with van der Waals surface area (Å²) in [6, 6.07) is 6.57. The lowest BCUT2D eigenvalue weighted by atomic mass is 9.72. The van der Waals surface area contributed by atoms with Crippen LogP contribution in [-0.2, 0) is 4.79 Å². The van der Waals surface area contributed by atoms with Gasteiger partial charge in [0, 0.05) is 6.08 Å². The minimum Gasteiger partial charge on any atom is -0.508 e. The Morgan fingerprint density at radius 3 is 2.29 bits per heavy atom. The molecule has 168 valence electrons. The Kier molecular flexibility index (Phi) is 10.6. The molecule has 1 aliphatic carbocycles. The third-order valence-electron chi connectivity index (χ3n) is 5.20. The van der Waals surface area contributed by atoms with E-state index in [4.69, 9.17) is 14.9 Å². The second kappa shape index (κ2) is 12.6. The quantitative estimate of drug-likeness (QED) is 0.381. The predicted molar refractivity (Wildman–Crippen MR) is 128 cm³/mol. The van der Waals surface area contributed by atoms with Crippen molar-refractivity contribution in [3.05, 3.63) is 83.0 Å². The maximum Gasteiger partial charge on any atom is 0.328 e. The lowest BCUT2D eigenvalue weighted by Crippen LogP contribution is -2.19. The number of phenolic OH excluding ortho intramolecular Hbond substituents is 1. The van der Waals surface area contributed by atoms with Gasteiger partial charge in [0.2, 0.25) is 0 Å². The molecule has 0 aliphatic heterocycles. The van der Waals surface area contributed by atoms with Crippen LogP contribution in [0.25, 0.3) is 0 Å². The average Bonchev–Trinajstić information content (AvgIpc) is 2.67. The number of benzene rings is 1. The summed E-state index contributed by atoms with van der Waals surface area (Å²) in [7, 11) is 1.59. The van der Waals surface area contributed by atoms with Gasteiger partial charge in [0.05, 0.1) is 7.11 Å². The van der Waals surface area contributed by atoms with Crippen molar-refractivity contribution in [3.8, 4) is 11.5 Å². The Labute approximate surface area is 187 Å². The number of hydrogen-bond acceptors (Lipinski definition) is 3. The molecule has 0 saturated heterocycles. The number of methoxy groups -OCH3 is 1. The molecule has 1 aromatic carbocycles. The lowest BCUT2D eigenvalue weighted by molar-refractivity contribution is -0.131. The minimum absolute atomic E-state index is 0.260. The van der Waals surface area contributed by atoms with E-state index in [0.717, 1.165) is 16.9 Å². The van der Waals surface area contributed by atoms with Crippen molar-refractivity contribution in [2.45, 2.75) is 53.9 Å². The summed E-state index contributed by atoms with van der Waals surface area (Å²) >= 11 is 0. The molecule has 1 aromatic rings. The second-order valence-corrected chi connectivity index (χ2v) is 8.46. The summed E-state index contributed by atoms with van der Waals surface area (Å²) < 4.78 is 4.86. The fraction of sp³-hybridized carbons (Fsp3) is 0.370. The van der Waals surface area contributed by atoms with Crippen molar-refractivity contribution in [2.24, 2.45) is 5.41 Å². The van der Waals surface area contributed by atoms with E-state index < -0.39 is 5.97 Å². The molecular formula is C27H36O4. The summed E-state index contributed by atoms with van der Waals surface area (Å²) in [6.07, 6.45) is 15.0. The molecule has 2 N–H and O–H groups in total. The average molecular weight is 425 g/mol. The van der Waals surface area contributed by atoms with Crippen molar-refractivity contribution >= 4 is 5.97 Å². The number of ether oxygens (including phenoxy) is 1. The fourth-order valence-corrected chi connectivity index (χ4v) is 3.46. The number of aromatic hydroxyl groups is 1. The zero-order chi connectivity index (χ0) is 23.4. The molecule has 0 spiro atoms. The fourth-order valence-electron chi connectivity index (χ4n) is 3.46. The predicted octanol–water partition coefficient (Wildman–Crippen LogP) is 7.00. The summed E-state index contributed by atoms with van der Waals surface area (Å²) in [5.41, 5.74) is 5.09. The molecule has 2 rings (SSSR count). The first-order chi connectivity index (χ1) is 14.5. The summed E-state index contributed by atoms with van der Waals surface area (Å²) in [5, 5.41) is 17.4. The number of carboxylic acid groups (broad SMARTS) is 1. The minimum atomic E-state index is -0.912. The molecule has 0 radical (unpaired) electrons. The van der Waals surface area contributed by atoms with Crippen LogP contribution < -0.4 is 4.74 Å². The molecule has 0 unspecified atom stereocenters. The first-order valence-electron chi connectivity index (χ1n) is 10.5. The van der Waals surface area contributed by atoms with Crippen molar-refractivity contribution in [3.63, 3.8) is 0 Å². The van der Waals surface area contributed by atoms with E-state index in [1.54, 1.807) is 44.4 Å². The van der Waals surface area contributed by atoms with Crippen molar-refractivity contribution in [1.82, 2.24) is 0 Å². The highest BCUT2D eigenvalue weighted by molar-refractivity contribution is 5.81. The van der Waals surface area contributed by atoms with Gasteiger partial charge in [-0.05, 0) is 80.9 Å². The van der Waals surface area contributed by atoms with E-state index in [0.29, 0.717) is 0 Å². The lowest BCUT2D eigenvalue weighted by Gasteiger charge is -2.32. The van der Waals surface area contributed by atoms with Gasteiger partial charge in [-0.15, -0.1) is 0 Å². The van der Waals surface area contributed by atoms with Gasteiger partial charge in [-0.2, -0.15) is 0 Å². The summed E-state index contributed by atoms with van der Waals surface area (Å²) in [6.45, 7) is 10.7. The van der Waals surface area contributed by atoms with Gasteiger partial charge < -0.3 is 14.9 Å². The van der Waals surface area contributed by atoms with Crippen molar-refractivity contribution < 1.29 is 19.7 Å². The van der Waals surface area contributed by atoms with Crippen molar-refractivity contribution in [1.29, 1.82) is 0 Å². The third kappa shape index (κ3) is 10.0. The van der Waals surface area contributed by atoms with Gasteiger partial charge in [-0.25, -0.2) is 4.79 Å². The highest BCUT2D eigenvalue weighted by atomic mass is 16.5. The first-order valence-corrected chi connectivity index (χ1v) is 10.5. The zero-order valence-corrected chi connectivity index (χ0v) is 19.6. The largest absolute Gasteiger partial charge is 0.508 e. The number of phenols is 1. The molecule has 0 fully saturated rings. The van der Waals surface area contributed by atoms with Crippen molar-refractivity contribution in [2.75, 3.05) is 7.11 Å². The van der Waals surface area contributed by atoms with E-state index in [-0.39, 0.29) is 11.2 Å². The van der Waals surface area contributed by atoms with Crippen LogP contribution in [0.4, 0.5) is 0 Å². The Hall–Kier alpha value is -3.01. The highest BCUT2D eigenvalue weighted by Crippen LogP contribution is 2.40. The molecular weight excluding hydrogens is 388 g/mol. The van der Waals surface area contributed by atoms with Crippen LogP contribution in [-0.4, -0.2) is 23.3 Å². The molecule has 0 aromatic heterocycles. The van der Waals surface area contributed by atoms with Crippen LogP contribution in [0.3, 0.4) is 0 Å². The maximum atomic E-state index is 10.5. The topological polar surface area (TPSA) is 66.8 Å². The van der Waals surface area contributed by atoms with Crippen LogP contribution in [0.2, 0.25) is 0 Å². The van der Waals surface area contributed by atoms with Gasteiger partial charge in [0.1, 0.15) is 11.5 Å². The van der Waals surface area contributed by atoms with E-state index in [1.165, 1.54) is 36.5 Å². The molecule has 0 heterocycles. The maximum absolute atomic E-state index is 10.5. The van der Waals surface area contributed by atoms with Gasteiger partial charge in [0.25, 0.3) is 0 Å². The van der Waals surface area contributed by atoms with Gasteiger partial charge in [0.15, 0.2) is 0 Å². The van der Waals surface area contributed by atoms with Crippen LogP contribution in [0, 0.1) is 5.41 Å².